The summed E-state index contributed by atoms with van der Waals surface area (Å²) in [6.07, 6.45) is -2.79. The highest BCUT2D eigenvalue weighted by atomic mass is 16.6. The fraction of sp³-hybridized carbons (Fsp3) is 0.429. The second kappa shape index (κ2) is 8.35. The molecule has 3 unspecified atom stereocenters. The van der Waals surface area contributed by atoms with Gasteiger partial charge in [0, 0.05) is 19.1 Å². The van der Waals surface area contributed by atoms with E-state index in [9.17, 15) is 19.8 Å². The van der Waals surface area contributed by atoms with Crippen LogP contribution < -0.4 is 9.47 Å². The van der Waals surface area contributed by atoms with E-state index < -0.39 is 18.5 Å². The van der Waals surface area contributed by atoms with Gasteiger partial charge in [0.05, 0.1) is 7.11 Å². The summed E-state index contributed by atoms with van der Waals surface area (Å²) >= 11 is 0. The van der Waals surface area contributed by atoms with Crippen LogP contribution in [0.1, 0.15) is 16.8 Å². The van der Waals surface area contributed by atoms with E-state index in [4.69, 9.17) is 9.47 Å². The molecule has 1 aromatic carbocycles. The summed E-state index contributed by atoms with van der Waals surface area (Å²) in [6, 6.07) is 4.39. The van der Waals surface area contributed by atoms with E-state index in [-0.39, 0.29) is 17.9 Å². The van der Waals surface area contributed by atoms with Gasteiger partial charge in [-0.25, -0.2) is 0 Å². The molecular weight excluding hydrogens is 280 g/mol. The zero-order valence-corrected chi connectivity index (χ0v) is 11.8. The first-order valence-electron chi connectivity index (χ1n) is 6.19. The highest BCUT2D eigenvalue weighted by Gasteiger charge is 2.24. The van der Waals surface area contributed by atoms with Crippen molar-refractivity contribution in [1.29, 1.82) is 0 Å². The van der Waals surface area contributed by atoms with Crippen LogP contribution in [0, 0.1) is 0 Å². The van der Waals surface area contributed by atoms with E-state index in [1.165, 1.54) is 32.4 Å². The number of carbonyl (C=O) groups is 2. The normalized spacial score (nSPS) is 14.9. The maximum atomic E-state index is 11.0. The molecule has 0 amide bonds. The van der Waals surface area contributed by atoms with Gasteiger partial charge in [-0.15, -0.1) is 0 Å². The highest BCUT2D eigenvalue weighted by molar-refractivity contribution is 5.76. The molecule has 2 N–H and O–H groups in total. The Morgan fingerprint density at radius 3 is 2.43 bits per heavy atom. The van der Waals surface area contributed by atoms with Crippen molar-refractivity contribution in [3.63, 3.8) is 0 Å². The molecule has 0 saturated heterocycles. The summed E-state index contributed by atoms with van der Waals surface area (Å²) < 4.78 is 15.0. The van der Waals surface area contributed by atoms with Gasteiger partial charge in [0.15, 0.2) is 30.2 Å². The van der Waals surface area contributed by atoms with Crippen LogP contribution in [0.2, 0.25) is 0 Å². The molecule has 0 aliphatic rings. The number of ether oxygens (including phenoxy) is 3. The van der Waals surface area contributed by atoms with Crippen molar-refractivity contribution in [1.82, 2.24) is 0 Å². The fourth-order valence-corrected chi connectivity index (χ4v) is 1.64. The quantitative estimate of drug-likeness (QED) is 0.495. The largest absolute Gasteiger partial charge is 0.493 e. The van der Waals surface area contributed by atoms with Crippen LogP contribution in [0.25, 0.3) is 0 Å². The van der Waals surface area contributed by atoms with E-state index in [0.29, 0.717) is 18.1 Å². The number of hydrogen-bond donors (Lipinski definition) is 2. The zero-order chi connectivity index (χ0) is 15.8. The molecule has 0 aliphatic carbocycles. The van der Waals surface area contributed by atoms with Crippen molar-refractivity contribution >= 4 is 12.6 Å². The standard InChI is InChI=1S/C14H18O7/c1-19-12-5-9(7-15)3-4-11(12)21-13(8-16)10(17)6-14(18)20-2/h3-5,7-8,10,13-14,17-18H,6H2,1-2H3. The Morgan fingerprint density at radius 2 is 1.90 bits per heavy atom. The molecule has 7 nitrogen and oxygen atoms in total. The second-order valence-electron chi connectivity index (χ2n) is 4.24. The van der Waals surface area contributed by atoms with Gasteiger partial charge in [-0.2, -0.15) is 0 Å². The lowest BCUT2D eigenvalue weighted by Crippen LogP contribution is -2.36. The van der Waals surface area contributed by atoms with Crippen molar-refractivity contribution in [2.45, 2.75) is 24.9 Å². The average molecular weight is 298 g/mol. The molecule has 3 atom stereocenters. The number of rotatable bonds is 9. The van der Waals surface area contributed by atoms with Gasteiger partial charge in [-0.3, -0.25) is 9.59 Å². The maximum Gasteiger partial charge on any atom is 0.180 e. The molecule has 0 fully saturated rings. The number of hydrogen-bond acceptors (Lipinski definition) is 7. The van der Waals surface area contributed by atoms with Crippen LogP contribution in [0.5, 0.6) is 11.5 Å². The van der Waals surface area contributed by atoms with Crippen molar-refractivity contribution in [2.75, 3.05) is 14.2 Å². The third-order valence-electron chi connectivity index (χ3n) is 2.82. The van der Waals surface area contributed by atoms with Crippen LogP contribution in [0.4, 0.5) is 0 Å². The van der Waals surface area contributed by atoms with E-state index in [1.807, 2.05) is 0 Å². The van der Waals surface area contributed by atoms with Crippen LogP contribution in [0.3, 0.4) is 0 Å². The Bertz CT molecular complexity index is 474. The number of benzene rings is 1. The van der Waals surface area contributed by atoms with Crippen LogP contribution in [0.15, 0.2) is 18.2 Å². The van der Waals surface area contributed by atoms with Crippen molar-refractivity contribution < 1.29 is 34.0 Å². The Balaban J connectivity index is 2.85. The minimum Gasteiger partial charge on any atom is -0.493 e. The molecule has 1 rings (SSSR count). The maximum absolute atomic E-state index is 11.0. The monoisotopic (exact) mass is 298 g/mol. The van der Waals surface area contributed by atoms with E-state index in [0.717, 1.165) is 0 Å². The van der Waals surface area contributed by atoms with Gasteiger partial charge >= 0.3 is 0 Å². The van der Waals surface area contributed by atoms with Gasteiger partial charge in [-0.05, 0) is 18.2 Å². The number of aliphatic hydroxyl groups excluding tert-OH is 2. The number of methoxy groups -OCH3 is 2. The first kappa shape index (κ1) is 17.1. The third kappa shape index (κ3) is 4.82. The van der Waals surface area contributed by atoms with Crippen LogP contribution >= 0.6 is 0 Å². The number of carbonyl (C=O) groups excluding carboxylic acids is 2. The molecule has 21 heavy (non-hydrogen) atoms. The molecule has 116 valence electrons. The van der Waals surface area contributed by atoms with E-state index >= 15 is 0 Å². The number of aliphatic hydroxyl groups is 2. The predicted molar refractivity (Wildman–Crippen MR) is 72.5 cm³/mol. The van der Waals surface area contributed by atoms with Gasteiger partial charge in [-0.1, -0.05) is 0 Å². The second-order valence-corrected chi connectivity index (χ2v) is 4.24. The molecule has 0 aromatic heterocycles. The minimum absolute atomic E-state index is 0.186. The molecule has 0 radical (unpaired) electrons. The fourth-order valence-electron chi connectivity index (χ4n) is 1.64. The van der Waals surface area contributed by atoms with Crippen LogP contribution in [-0.2, 0) is 9.53 Å². The summed E-state index contributed by atoms with van der Waals surface area (Å²) in [4.78, 5) is 21.7. The van der Waals surface area contributed by atoms with Gasteiger partial charge in [0.1, 0.15) is 12.4 Å². The summed E-state index contributed by atoms with van der Waals surface area (Å²) in [5.41, 5.74) is 0.386. The van der Waals surface area contributed by atoms with Crippen molar-refractivity contribution in [3.8, 4) is 11.5 Å². The van der Waals surface area contributed by atoms with Crippen molar-refractivity contribution in [2.24, 2.45) is 0 Å². The lowest BCUT2D eigenvalue weighted by molar-refractivity contribution is -0.128. The lowest BCUT2D eigenvalue weighted by atomic mass is 10.1. The molecule has 0 bridgehead atoms. The SMILES string of the molecule is COc1cc(C=O)ccc1OC(C=O)C(O)CC(O)OC. The minimum atomic E-state index is -1.26. The van der Waals surface area contributed by atoms with Gasteiger partial charge in [0.2, 0.25) is 0 Å². The predicted octanol–water partition coefficient (Wildman–Crippen LogP) is 0.170. The van der Waals surface area contributed by atoms with Gasteiger partial charge in [0.25, 0.3) is 0 Å². The Labute approximate surface area is 122 Å². The zero-order valence-electron chi connectivity index (χ0n) is 11.8. The molecule has 1 aromatic rings. The first-order valence-corrected chi connectivity index (χ1v) is 6.19. The van der Waals surface area contributed by atoms with E-state index in [2.05, 4.69) is 4.74 Å². The lowest BCUT2D eigenvalue weighted by Gasteiger charge is -2.22. The Kier molecular flexibility index (Phi) is 6.80. The molecule has 7 heteroatoms. The molecule has 0 aliphatic heterocycles. The Morgan fingerprint density at radius 1 is 1.19 bits per heavy atom. The summed E-state index contributed by atoms with van der Waals surface area (Å²) in [6.45, 7) is 0. The topological polar surface area (TPSA) is 102 Å². The molecule has 0 saturated carbocycles. The third-order valence-corrected chi connectivity index (χ3v) is 2.82. The van der Waals surface area contributed by atoms with Crippen LogP contribution in [-0.4, -0.2) is 55.5 Å². The highest BCUT2D eigenvalue weighted by Crippen LogP contribution is 2.29. The van der Waals surface area contributed by atoms with Gasteiger partial charge < -0.3 is 24.4 Å². The summed E-state index contributed by atoms with van der Waals surface area (Å²) in [7, 11) is 2.66. The van der Waals surface area contributed by atoms with E-state index in [1.54, 1.807) is 0 Å². The molecular formula is C14H18O7. The Hall–Kier alpha value is -1.96. The average Bonchev–Trinajstić information content (AvgIpc) is 2.51. The summed E-state index contributed by atoms with van der Waals surface area (Å²) in [5, 5.41) is 19.1. The molecule has 0 spiro atoms. The smallest absolute Gasteiger partial charge is 0.180 e. The van der Waals surface area contributed by atoms with Crippen molar-refractivity contribution in [3.05, 3.63) is 23.8 Å². The first-order chi connectivity index (χ1) is 10.0. The molecule has 0 heterocycles. The summed E-state index contributed by atoms with van der Waals surface area (Å²) in [5.74, 6) is 0.456. The number of aldehydes is 2.